The molecule has 2 saturated heterocycles. The topological polar surface area (TPSA) is 56.8 Å². The maximum atomic E-state index is 4.56. The van der Waals surface area contributed by atoms with Crippen LogP contribution in [0.4, 0.5) is 5.82 Å². The quantitative estimate of drug-likeness (QED) is 0.888. The summed E-state index contributed by atoms with van der Waals surface area (Å²) in [5.74, 6) is 2.75. The number of H-pyrrole nitrogens is 1. The molecule has 2 N–H and O–H groups in total. The molecule has 5 nitrogen and oxygen atoms in total. The van der Waals surface area contributed by atoms with Gasteiger partial charge in [-0.05, 0) is 56.7 Å². The Labute approximate surface area is 125 Å². The van der Waals surface area contributed by atoms with Crippen LogP contribution in [-0.2, 0) is 0 Å². The Kier molecular flexibility index (Phi) is 3.51. The molecule has 0 radical (unpaired) electrons. The number of nitrogens with one attached hydrogen (secondary N) is 2. The molecule has 112 valence electrons. The third-order valence-electron chi connectivity index (χ3n) is 5.09. The molecule has 5 heteroatoms. The van der Waals surface area contributed by atoms with Crippen molar-refractivity contribution in [2.24, 2.45) is 11.8 Å². The van der Waals surface area contributed by atoms with E-state index in [0.29, 0.717) is 0 Å². The molecule has 2 atom stereocenters. The highest BCUT2D eigenvalue weighted by Crippen LogP contribution is 2.32. The van der Waals surface area contributed by atoms with E-state index in [2.05, 4.69) is 31.2 Å². The lowest BCUT2D eigenvalue weighted by atomic mass is 9.81. The Morgan fingerprint density at radius 1 is 1.14 bits per heavy atom. The van der Waals surface area contributed by atoms with Crippen LogP contribution in [0.1, 0.15) is 25.7 Å². The summed E-state index contributed by atoms with van der Waals surface area (Å²) in [4.78, 5) is 14.5. The van der Waals surface area contributed by atoms with Gasteiger partial charge >= 0.3 is 0 Å². The van der Waals surface area contributed by atoms with Crippen molar-refractivity contribution in [2.45, 2.75) is 25.7 Å². The Bertz CT molecular complexity index is 601. The van der Waals surface area contributed by atoms with Crippen LogP contribution in [0.15, 0.2) is 18.6 Å². The fourth-order valence-electron chi connectivity index (χ4n) is 3.98. The summed E-state index contributed by atoms with van der Waals surface area (Å²) in [6.45, 7) is 4.66. The predicted octanol–water partition coefficient (Wildman–Crippen LogP) is 2.17. The summed E-state index contributed by atoms with van der Waals surface area (Å²) in [6, 6.07) is 2.09. The summed E-state index contributed by atoms with van der Waals surface area (Å²) < 4.78 is 0. The van der Waals surface area contributed by atoms with Gasteiger partial charge in [0.25, 0.3) is 0 Å². The van der Waals surface area contributed by atoms with Crippen LogP contribution in [-0.4, -0.2) is 41.1 Å². The number of fused-ring (bicyclic) bond motifs is 1. The average Bonchev–Trinajstić information content (AvgIpc) is 3.04. The van der Waals surface area contributed by atoms with Crippen LogP contribution in [0, 0.1) is 11.8 Å². The molecule has 4 rings (SSSR count). The SMILES string of the molecule is c1nc(N2CCCC(C3CCCNC3)C2)c2cc[nH]c2n1. The second kappa shape index (κ2) is 5.64. The van der Waals surface area contributed by atoms with E-state index < -0.39 is 0 Å². The van der Waals surface area contributed by atoms with Gasteiger partial charge < -0.3 is 15.2 Å². The summed E-state index contributed by atoms with van der Waals surface area (Å²) >= 11 is 0. The predicted molar refractivity (Wildman–Crippen MR) is 84.4 cm³/mol. The first-order valence-electron chi connectivity index (χ1n) is 8.15. The number of anilines is 1. The maximum absolute atomic E-state index is 4.56. The largest absolute Gasteiger partial charge is 0.356 e. The minimum atomic E-state index is 0.801. The van der Waals surface area contributed by atoms with Gasteiger partial charge in [0.1, 0.15) is 17.8 Å². The number of hydrogen-bond acceptors (Lipinski definition) is 4. The number of aromatic nitrogens is 3. The number of hydrogen-bond donors (Lipinski definition) is 2. The van der Waals surface area contributed by atoms with Gasteiger partial charge in [-0.15, -0.1) is 0 Å². The summed E-state index contributed by atoms with van der Waals surface area (Å²) in [5.41, 5.74) is 0.946. The number of aromatic amines is 1. The van der Waals surface area contributed by atoms with Crippen LogP contribution >= 0.6 is 0 Å². The monoisotopic (exact) mass is 285 g/mol. The van der Waals surface area contributed by atoms with Crippen molar-refractivity contribution in [2.75, 3.05) is 31.1 Å². The zero-order chi connectivity index (χ0) is 14.1. The van der Waals surface area contributed by atoms with Crippen molar-refractivity contribution in [1.29, 1.82) is 0 Å². The Morgan fingerprint density at radius 3 is 3.00 bits per heavy atom. The molecule has 0 spiro atoms. The summed E-state index contributed by atoms with van der Waals surface area (Å²) in [6.07, 6.45) is 8.99. The molecule has 0 aliphatic carbocycles. The molecule has 2 fully saturated rings. The molecule has 2 aromatic heterocycles. The van der Waals surface area contributed by atoms with Gasteiger partial charge in [0.05, 0.1) is 5.39 Å². The molecule has 2 aliphatic rings. The van der Waals surface area contributed by atoms with Gasteiger partial charge in [-0.2, -0.15) is 0 Å². The van der Waals surface area contributed by atoms with Crippen molar-refractivity contribution in [3.63, 3.8) is 0 Å². The maximum Gasteiger partial charge on any atom is 0.142 e. The highest BCUT2D eigenvalue weighted by atomic mass is 15.2. The van der Waals surface area contributed by atoms with Crippen molar-refractivity contribution < 1.29 is 0 Å². The molecule has 21 heavy (non-hydrogen) atoms. The standard InChI is InChI=1S/C16H23N5/c1-3-12(9-17-6-1)13-4-2-8-21(10-13)16-14-5-7-18-15(14)19-11-20-16/h5,7,11-13,17H,1-4,6,8-10H2,(H,18,19,20). The Hall–Kier alpha value is -1.62. The molecule has 0 saturated carbocycles. The van der Waals surface area contributed by atoms with Gasteiger partial charge in [0.15, 0.2) is 0 Å². The van der Waals surface area contributed by atoms with Crippen molar-refractivity contribution in [1.82, 2.24) is 20.3 Å². The van der Waals surface area contributed by atoms with Crippen molar-refractivity contribution >= 4 is 16.9 Å². The number of piperidine rings is 2. The molecule has 2 unspecified atom stereocenters. The van der Waals surface area contributed by atoms with Gasteiger partial charge in [-0.3, -0.25) is 0 Å². The van der Waals surface area contributed by atoms with E-state index in [9.17, 15) is 0 Å². The van der Waals surface area contributed by atoms with Crippen molar-refractivity contribution in [3.05, 3.63) is 18.6 Å². The van der Waals surface area contributed by atoms with E-state index in [4.69, 9.17) is 0 Å². The second-order valence-corrected chi connectivity index (χ2v) is 6.39. The zero-order valence-corrected chi connectivity index (χ0v) is 12.4. The minimum Gasteiger partial charge on any atom is -0.356 e. The van der Waals surface area contributed by atoms with E-state index >= 15 is 0 Å². The van der Waals surface area contributed by atoms with Crippen LogP contribution < -0.4 is 10.2 Å². The fraction of sp³-hybridized carbons (Fsp3) is 0.625. The van der Waals surface area contributed by atoms with Crippen LogP contribution in [0.3, 0.4) is 0 Å². The van der Waals surface area contributed by atoms with Gasteiger partial charge in [-0.1, -0.05) is 0 Å². The highest BCUT2D eigenvalue weighted by Gasteiger charge is 2.29. The van der Waals surface area contributed by atoms with Crippen LogP contribution in [0.2, 0.25) is 0 Å². The number of rotatable bonds is 2. The molecule has 2 aliphatic heterocycles. The van der Waals surface area contributed by atoms with E-state index in [-0.39, 0.29) is 0 Å². The van der Waals surface area contributed by atoms with Crippen LogP contribution in [0.25, 0.3) is 11.0 Å². The molecular formula is C16H23N5. The molecule has 2 aromatic rings. The van der Waals surface area contributed by atoms with E-state index in [0.717, 1.165) is 41.8 Å². The second-order valence-electron chi connectivity index (χ2n) is 6.39. The first kappa shape index (κ1) is 13.1. The lowest BCUT2D eigenvalue weighted by Gasteiger charge is -2.39. The summed E-state index contributed by atoms with van der Waals surface area (Å²) in [7, 11) is 0. The Balaban J connectivity index is 1.56. The highest BCUT2D eigenvalue weighted by molar-refractivity contribution is 5.87. The zero-order valence-electron chi connectivity index (χ0n) is 12.4. The van der Waals surface area contributed by atoms with Gasteiger partial charge in [0, 0.05) is 19.3 Å². The normalized spacial score (nSPS) is 27.1. The third-order valence-corrected chi connectivity index (χ3v) is 5.09. The molecule has 4 heterocycles. The molecule has 0 bridgehead atoms. The van der Waals surface area contributed by atoms with E-state index in [1.54, 1.807) is 6.33 Å². The smallest absolute Gasteiger partial charge is 0.142 e. The van der Waals surface area contributed by atoms with Crippen molar-refractivity contribution in [3.8, 4) is 0 Å². The first-order chi connectivity index (χ1) is 10.4. The molecule has 0 aromatic carbocycles. The van der Waals surface area contributed by atoms with Gasteiger partial charge in [-0.25, -0.2) is 9.97 Å². The number of nitrogens with zero attached hydrogens (tertiary/aromatic N) is 3. The van der Waals surface area contributed by atoms with E-state index in [1.807, 2.05) is 6.20 Å². The lowest BCUT2D eigenvalue weighted by molar-refractivity contribution is 0.234. The fourth-order valence-corrected chi connectivity index (χ4v) is 3.98. The third kappa shape index (κ3) is 2.50. The lowest BCUT2D eigenvalue weighted by Crippen LogP contribution is -2.43. The van der Waals surface area contributed by atoms with Crippen LogP contribution in [0.5, 0.6) is 0 Å². The molecular weight excluding hydrogens is 262 g/mol. The summed E-state index contributed by atoms with van der Waals surface area (Å²) in [5, 5.41) is 4.72. The van der Waals surface area contributed by atoms with E-state index in [1.165, 1.54) is 38.8 Å². The Morgan fingerprint density at radius 2 is 2.10 bits per heavy atom. The first-order valence-corrected chi connectivity index (χ1v) is 8.15. The van der Waals surface area contributed by atoms with Gasteiger partial charge in [0.2, 0.25) is 0 Å². The molecule has 0 amide bonds. The average molecular weight is 285 g/mol. The minimum absolute atomic E-state index is 0.801.